The number of hydrogen-bond acceptors (Lipinski definition) is 8. The molecule has 1 N–H and O–H groups in total. The Bertz CT molecular complexity index is 1550. The second-order valence-electron chi connectivity index (χ2n) is 13.0. The molecule has 9 nitrogen and oxygen atoms in total. The van der Waals surface area contributed by atoms with Gasteiger partial charge in [-0.25, -0.2) is 13.4 Å². The van der Waals surface area contributed by atoms with E-state index >= 15 is 0 Å². The number of hydrogen-bond donors (Lipinski definition) is 1. The maximum atomic E-state index is 13.5. The van der Waals surface area contributed by atoms with Crippen LogP contribution in [-0.2, 0) is 24.8 Å². The Morgan fingerprint density at radius 3 is 2.43 bits per heavy atom. The average Bonchev–Trinajstić information content (AvgIpc) is 3.39. The second kappa shape index (κ2) is 11.4. The van der Waals surface area contributed by atoms with Crippen molar-refractivity contribution >= 4 is 38.2 Å². The molecule has 42 heavy (non-hydrogen) atoms. The van der Waals surface area contributed by atoms with E-state index in [9.17, 15) is 13.2 Å². The molecule has 10 heteroatoms. The molecule has 4 heterocycles. The third-order valence-corrected chi connectivity index (χ3v) is 10.4. The second-order valence-corrected chi connectivity index (χ2v) is 15.3. The molecule has 2 saturated heterocycles. The summed E-state index contributed by atoms with van der Waals surface area (Å²) >= 11 is 0. The minimum atomic E-state index is -3.03. The van der Waals surface area contributed by atoms with Crippen LogP contribution < -0.4 is 10.1 Å². The first-order valence-corrected chi connectivity index (χ1v) is 16.4. The van der Waals surface area contributed by atoms with Gasteiger partial charge in [-0.2, -0.15) is 0 Å². The van der Waals surface area contributed by atoms with Gasteiger partial charge >= 0.3 is 0 Å². The predicted octanol–water partition coefficient (Wildman–Crippen LogP) is 5.43. The van der Waals surface area contributed by atoms with Crippen LogP contribution in [0.4, 0.5) is 11.4 Å². The number of rotatable bonds is 7. The number of nitrogens with one attached hydrogen (secondary N) is 1. The number of fused-ring (bicyclic) bond motifs is 1. The monoisotopic (exact) mass is 594 g/mol. The van der Waals surface area contributed by atoms with Gasteiger partial charge in [-0.1, -0.05) is 39.8 Å². The number of sulfone groups is 1. The lowest BCUT2D eigenvalue weighted by atomic mass is 9.80. The molecule has 1 amide bonds. The quantitative estimate of drug-likeness (QED) is 0.386. The number of carbonyl (C=O) groups is 1. The lowest BCUT2D eigenvalue weighted by molar-refractivity contribution is -0.139. The highest BCUT2D eigenvalue weighted by Gasteiger charge is 2.38. The highest BCUT2D eigenvalue weighted by Crippen LogP contribution is 2.43. The lowest BCUT2D eigenvalue weighted by Crippen LogP contribution is -2.43. The summed E-state index contributed by atoms with van der Waals surface area (Å²) in [5, 5.41) is 3.58. The van der Waals surface area contributed by atoms with Crippen molar-refractivity contribution in [3.8, 4) is 5.88 Å². The molecule has 0 aliphatic carbocycles. The first-order valence-electron chi connectivity index (χ1n) is 14.6. The molecule has 0 spiro atoms. The van der Waals surface area contributed by atoms with Crippen molar-refractivity contribution in [2.45, 2.75) is 58.4 Å². The van der Waals surface area contributed by atoms with E-state index in [4.69, 9.17) is 14.5 Å². The molecule has 2 aliphatic rings. The molecule has 0 bridgehead atoms. The van der Waals surface area contributed by atoms with Crippen molar-refractivity contribution < 1.29 is 22.7 Å². The molecule has 2 aliphatic heterocycles. The van der Waals surface area contributed by atoms with Gasteiger partial charge in [0.15, 0.2) is 0 Å². The average molecular weight is 595 g/mol. The maximum Gasteiger partial charge on any atom is 0.226 e. The summed E-state index contributed by atoms with van der Waals surface area (Å²) in [4.78, 5) is 24.8. The fourth-order valence-electron chi connectivity index (χ4n) is 6.49. The summed E-state index contributed by atoms with van der Waals surface area (Å²) in [6.45, 7) is 9.86. The Morgan fingerprint density at radius 2 is 1.83 bits per heavy atom. The normalized spacial score (nSPS) is 21.7. The van der Waals surface area contributed by atoms with Crippen molar-refractivity contribution in [2.75, 3.05) is 44.2 Å². The molecule has 2 fully saturated rings. The molecular formula is C32H42N4O5S. The molecule has 0 unspecified atom stereocenters. The molecule has 2 atom stereocenters. The number of pyridine rings is 2. The number of carbonyl (C=O) groups excluding carboxylic acids is 1. The maximum absolute atomic E-state index is 13.5. The number of amides is 1. The zero-order chi connectivity index (χ0) is 30.3. The number of aromatic nitrogens is 2. The van der Waals surface area contributed by atoms with E-state index in [-0.39, 0.29) is 40.2 Å². The topological polar surface area (TPSA) is 111 Å². The minimum absolute atomic E-state index is 0.00820. The van der Waals surface area contributed by atoms with Crippen molar-refractivity contribution in [2.24, 2.45) is 11.3 Å². The van der Waals surface area contributed by atoms with E-state index in [2.05, 4.69) is 50.1 Å². The Hall–Kier alpha value is -3.24. The van der Waals surface area contributed by atoms with Crippen LogP contribution in [-0.4, -0.2) is 68.1 Å². The van der Waals surface area contributed by atoms with Gasteiger partial charge in [-0.05, 0) is 48.4 Å². The first kappa shape index (κ1) is 30.2. The van der Waals surface area contributed by atoms with Crippen LogP contribution in [0.3, 0.4) is 0 Å². The lowest BCUT2D eigenvalue weighted by Gasteiger charge is -2.40. The Balaban J connectivity index is 1.44. The van der Waals surface area contributed by atoms with E-state index in [0.29, 0.717) is 31.9 Å². The molecule has 2 aromatic heterocycles. The fraction of sp³-hybridized carbons (Fsp3) is 0.531. The van der Waals surface area contributed by atoms with Gasteiger partial charge in [-0.15, -0.1) is 0 Å². The molecule has 3 aromatic rings. The number of anilines is 2. The zero-order valence-electron chi connectivity index (χ0n) is 25.4. The van der Waals surface area contributed by atoms with Crippen molar-refractivity contribution in [3.63, 3.8) is 0 Å². The molecule has 226 valence electrons. The number of methoxy groups -OCH3 is 1. The van der Waals surface area contributed by atoms with Gasteiger partial charge in [0.05, 0.1) is 54.2 Å². The van der Waals surface area contributed by atoms with Gasteiger partial charge in [-0.3, -0.25) is 9.78 Å². The van der Waals surface area contributed by atoms with Crippen LogP contribution in [0.15, 0.2) is 42.6 Å². The van der Waals surface area contributed by atoms with Crippen molar-refractivity contribution in [1.82, 2.24) is 14.9 Å². The molecule has 5 rings (SSSR count). The number of ether oxygens (including phenoxy) is 2. The van der Waals surface area contributed by atoms with Gasteiger partial charge in [0.2, 0.25) is 11.8 Å². The van der Waals surface area contributed by atoms with Gasteiger partial charge in [0, 0.05) is 42.3 Å². The summed E-state index contributed by atoms with van der Waals surface area (Å²) in [5.74, 6) is 0.440. The molecular weight excluding hydrogens is 552 g/mol. The van der Waals surface area contributed by atoms with Crippen LogP contribution in [0.25, 0.3) is 11.0 Å². The van der Waals surface area contributed by atoms with Crippen LogP contribution in [0, 0.1) is 11.3 Å². The first-order chi connectivity index (χ1) is 19.8. The summed E-state index contributed by atoms with van der Waals surface area (Å²) in [6.07, 6.45) is 3.51. The van der Waals surface area contributed by atoms with E-state index in [1.165, 1.54) is 0 Å². The zero-order valence-corrected chi connectivity index (χ0v) is 26.3. The van der Waals surface area contributed by atoms with Crippen molar-refractivity contribution in [3.05, 3.63) is 53.7 Å². The number of benzene rings is 1. The highest BCUT2D eigenvalue weighted by molar-refractivity contribution is 7.91. The number of nitrogens with zero attached hydrogens (tertiary/aromatic N) is 3. The Labute approximate surface area is 248 Å². The van der Waals surface area contributed by atoms with Gasteiger partial charge in [0.25, 0.3) is 0 Å². The SMILES string of the molecule is COc1ccc2ncc(Nc3ccc([C@H](N(C)C(=O)C4CCS(=O)(=O)CC4)C(C)(C)C)cc3)c([C@]3(C)CCOC3)c2n1. The smallest absolute Gasteiger partial charge is 0.226 e. The summed E-state index contributed by atoms with van der Waals surface area (Å²) in [5.41, 5.74) is 4.97. The van der Waals surface area contributed by atoms with E-state index in [1.54, 1.807) is 7.11 Å². The summed E-state index contributed by atoms with van der Waals surface area (Å²) < 4.78 is 35.1. The Morgan fingerprint density at radius 1 is 1.14 bits per heavy atom. The van der Waals surface area contributed by atoms with Gasteiger partial charge < -0.3 is 19.7 Å². The van der Waals surface area contributed by atoms with Crippen LogP contribution >= 0.6 is 0 Å². The Kier molecular flexibility index (Phi) is 8.24. The molecule has 0 saturated carbocycles. The summed E-state index contributed by atoms with van der Waals surface area (Å²) in [7, 11) is 0.417. The van der Waals surface area contributed by atoms with Crippen molar-refractivity contribution in [1.29, 1.82) is 0 Å². The highest BCUT2D eigenvalue weighted by atomic mass is 32.2. The molecule has 0 radical (unpaired) electrons. The van der Waals surface area contributed by atoms with E-state index < -0.39 is 9.84 Å². The minimum Gasteiger partial charge on any atom is -0.481 e. The predicted molar refractivity (Wildman–Crippen MR) is 165 cm³/mol. The van der Waals surface area contributed by atoms with Crippen LogP contribution in [0.2, 0.25) is 0 Å². The van der Waals surface area contributed by atoms with Crippen LogP contribution in [0.1, 0.15) is 64.1 Å². The summed E-state index contributed by atoms with van der Waals surface area (Å²) in [6, 6.07) is 11.7. The standard InChI is InChI=1S/C32H42N4O5S/c1-31(2,3)29(36(5)30(37)22-13-17-42(38,39)18-14-22)21-7-9-23(10-8-21)34-25-19-33-24-11-12-26(40-6)35-28(24)27(25)32(4)15-16-41-20-32/h7-12,19,22,29,34H,13-18,20H2,1-6H3/t29-,32+/m0/s1. The largest absolute Gasteiger partial charge is 0.481 e. The third-order valence-electron chi connectivity index (χ3n) is 8.68. The van der Waals surface area contributed by atoms with E-state index in [0.717, 1.165) is 40.0 Å². The third kappa shape index (κ3) is 6.10. The molecule has 1 aromatic carbocycles. The van der Waals surface area contributed by atoms with Gasteiger partial charge in [0.1, 0.15) is 9.84 Å². The fourth-order valence-corrected chi connectivity index (χ4v) is 7.98. The van der Waals surface area contributed by atoms with E-state index in [1.807, 2.05) is 42.4 Å². The van der Waals surface area contributed by atoms with Crippen LogP contribution in [0.5, 0.6) is 5.88 Å².